The van der Waals surface area contributed by atoms with Gasteiger partial charge in [0, 0.05) is 36.6 Å². The molecule has 13 heteroatoms. The number of nitrogens with one attached hydrogen (secondary N) is 1. The van der Waals surface area contributed by atoms with Crippen molar-refractivity contribution in [1.29, 1.82) is 5.26 Å². The summed E-state index contributed by atoms with van der Waals surface area (Å²) in [4.78, 5) is 32.7. The molecule has 0 unspecified atom stereocenters. The molecule has 4 aromatic heterocycles. The van der Waals surface area contributed by atoms with E-state index in [0.717, 1.165) is 18.9 Å². The molecule has 1 aliphatic rings. The molecule has 5 heterocycles. The molecular weight excluding hydrogens is 557 g/mol. The van der Waals surface area contributed by atoms with E-state index in [4.69, 9.17) is 19.8 Å². The largest absolute Gasteiger partial charge is 0.391 e. The number of hydrogen-bond acceptors (Lipinski definition) is 11. The van der Waals surface area contributed by atoms with Crippen LogP contribution in [0.3, 0.4) is 0 Å². The molecule has 1 saturated heterocycles. The first-order valence-electron chi connectivity index (χ1n) is 13.5. The first-order valence-corrected chi connectivity index (χ1v) is 14.3. The molecule has 6 rings (SSSR count). The fraction of sp³-hybridized carbons (Fsp3) is 0.276. The summed E-state index contributed by atoms with van der Waals surface area (Å²) in [6, 6.07) is 11.9. The summed E-state index contributed by atoms with van der Waals surface area (Å²) < 4.78 is 20.7. The lowest BCUT2D eigenvalue weighted by atomic mass is 10.00. The van der Waals surface area contributed by atoms with Gasteiger partial charge in [-0.15, -0.1) is 0 Å². The van der Waals surface area contributed by atoms with Crippen LogP contribution in [0.25, 0.3) is 33.5 Å². The minimum atomic E-state index is -0.356. The quantitative estimate of drug-likeness (QED) is 0.243. The molecule has 1 N–H and O–H groups in total. The highest BCUT2D eigenvalue weighted by molar-refractivity contribution is 7.16. The van der Waals surface area contributed by atoms with E-state index in [0.29, 0.717) is 69.0 Å². The van der Waals surface area contributed by atoms with E-state index in [9.17, 15) is 14.4 Å². The highest BCUT2D eigenvalue weighted by Crippen LogP contribution is 2.38. The smallest absolute Gasteiger partial charge is 0.324 e. The van der Waals surface area contributed by atoms with Gasteiger partial charge in [-0.25, -0.2) is 29.0 Å². The lowest BCUT2D eigenvalue weighted by molar-refractivity contribution is -0.136. The Kier molecular flexibility index (Phi) is 7.56. The summed E-state index contributed by atoms with van der Waals surface area (Å²) >= 11 is 1.26. The summed E-state index contributed by atoms with van der Waals surface area (Å²) in [5.41, 5.74) is 3.78. The summed E-state index contributed by atoms with van der Waals surface area (Å²) in [6.07, 6.45) is 3.48. The third-order valence-corrected chi connectivity index (χ3v) is 7.93. The van der Waals surface area contributed by atoms with Gasteiger partial charge < -0.3 is 15.0 Å². The monoisotopic (exact) mass is 583 g/mol. The van der Waals surface area contributed by atoms with Gasteiger partial charge in [0.1, 0.15) is 33.5 Å². The van der Waals surface area contributed by atoms with E-state index < -0.39 is 0 Å². The number of anilines is 2. The maximum atomic E-state index is 13.5. The lowest BCUT2D eigenvalue weighted by Crippen LogP contribution is -2.43. The Morgan fingerprint density at radius 3 is 2.55 bits per heavy atom. The van der Waals surface area contributed by atoms with Crippen molar-refractivity contribution in [2.75, 3.05) is 24.5 Å². The predicted molar refractivity (Wildman–Crippen MR) is 156 cm³/mol. The molecule has 0 atom stereocenters. The number of aromatic nitrogens is 6. The van der Waals surface area contributed by atoms with Gasteiger partial charge >= 0.3 is 12.0 Å². The third-order valence-electron chi connectivity index (χ3n) is 6.95. The van der Waals surface area contributed by atoms with E-state index in [1.54, 1.807) is 24.5 Å². The Labute approximate surface area is 244 Å². The number of nitriles is 1. The van der Waals surface area contributed by atoms with E-state index in [-0.39, 0.29) is 17.8 Å². The lowest BCUT2D eigenvalue weighted by Gasteiger charge is -2.25. The number of esters is 1. The molecular formula is C29H26FN9O2S. The normalized spacial score (nSPS) is 13.1. The number of fused-ring (bicyclic) bond motifs is 1. The molecule has 5 aromatic rings. The zero-order valence-corrected chi connectivity index (χ0v) is 23.7. The second kappa shape index (κ2) is 11.6. The van der Waals surface area contributed by atoms with Crippen LogP contribution in [0.4, 0.5) is 15.3 Å². The SMILES string of the molecule is CCN(c1nc(-c2ccc(F)cc2)c(C#N)s1)c1c2nc(-c3cnc(OC(=O)CC4CNC4)nc3)ccc2nn1CC. The van der Waals surface area contributed by atoms with Crippen LogP contribution >= 0.6 is 11.3 Å². The summed E-state index contributed by atoms with van der Waals surface area (Å²) in [7, 11) is 0. The Morgan fingerprint density at radius 1 is 1.14 bits per heavy atom. The number of carbonyl (C=O) groups is 1. The van der Waals surface area contributed by atoms with Gasteiger partial charge in [-0.1, -0.05) is 11.3 Å². The van der Waals surface area contributed by atoms with Crippen LogP contribution in [0, 0.1) is 23.1 Å². The van der Waals surface area contributed by atoms with E-state index in [1.807, 2.05) is 35.6 Å². The number of halogens is 1. The molecule has 1 fully saturated rings. The maximum Gasteiger partial charge on any atom is 0.324 e. The predicted octanol–water partition coefficient (Wildman–Crippen LogP) is 4.72. The number of nitrogens with zero attached hydrogens (tertiary/aromatic N) is 8. The number of aryl methyl sites for hydroxylation is 1. The molecule has 11 nitrogen and oxygen atoms in total. The van der Waals surface area contributed by atoms with Gasteiger partial charge in [0.05, 0.1) is 12.1 Å². The molecule has 1 aliphatic heterocycles. The zero-order chi connectivity index (χ0) is 29.2. The van der Waals surface area contributed by atoms with E-state index in [1.165, 1.54) is 23.5 Å². The number of thiazole rings is 1. The topological polar surface area (TPSA) is 135 Å². The third kappa shape index (κ3) is 5.29. The van der Waals surface area contributed by atoms with Crippen LogP contribution in [0.2, 0.25) is 0 Å². The molecule has 212 valence electrons. The molecule has 42 heavy (non-hydrogen) atoms. The van der Waals surface area contributed by atoms with Crippen LogP contribution in [-0.4, -0.2) is 55.3 Å². The summed E-state index contributed by atoms with van der Waals surface area (Å²) in [5.74, 6) is 0.317. The van der Waals surface area contributed by atoms with Crippen molar-refractivity contribution in [2.24, 2.45) is 5.92 Å². The molecule has 0 aliphatic carbocycles. The fourth-order valence-corrected chi connectivity index (χ4v) is 5.65. The molecule has 0 radical (unpaired) electrons. The van der Waals surface area contributed by atoms with Crippen molar-refractivity contribution in [3.05, 3.63) is 59.5 Å². The van der Waals surface area contributed by atoms with Crippen molar-refractivity contribution in [3.63, 3.8) is 0 Å². The minimum absolute atomic E-state index is 0.00258. The maximum absolute atomic E-state index is 13.5. The number of carbonyl (C=O) groups excluding carboxylic acids is 1. The highest BCUT2D eigenvalue weighted by Gasteiger charge is 2.25. The van der Waals surface area contributed by atoms with Crippen molar-refractivity contribution in [3.8, 4) is 34.6 Å². The average molecular weight is 584 g/mol. The van der Waals surface area contributed by atoms with Crippen LogP contribution in [-0.2, 0) is 11.3 Å². The zero-order valence-electron chi connectivity index (χ0n) is 22.9. The average Bonchev–Trinajstić information content (AvgIpc) is 3.58. The van der Waals surface area contributed by atoms with Gasteiger partial charge in [-0.2, -0.15) is 10.4 Å². The minimum Gasteiger partial charge on any atom is -0.391 e. The first kappa shape index (κ1) is 27.4. The molecule has 0 saturated carbocycles. The van der Waals surface area contributed by atoms with Gasteiger partial charge in [-0.3, -0.25) is 4.79 Å². The van der Waals surface area contributed by atoms with Crippen molar-refractivity contribution < 1.29 is 13.9 Å². The second-order valence-electron chi connectivity index (χ2n) is 9.70. The summed E-state index contributed by atoms with van der Waals surface area (Å²) in [5, 5.41) is 18.3. The number of rotatable bonds is 9. The van der Waals surface area contributed by atoms with Gasteiger partial charge in [0.15, 0.2) is 10.9 Å². The highest BCUT2D eigenvalue weighted by atomic mass is 32.1. The van der Waals surface area contributed by atoms with Crippen LogP contribution in [0.5, 0.6) is 6.01 Å². The van der Waals surface area contributed by atoms with Crippen LogP contribution in [0.1, 0.15) is 25.1 Å². The Hall–Kier alpha value is -4.80. The molecule has 0 amide bonds. The first-order chi connectivity index (χ1) is 20.5. The molecule has 0 bridgehead atoms. The standard InChI is InChI=1S/C29H26FN9O2S/c1-3-38(29-36-25(23(12-31)42-29)18-5-7-20(30)8-6-18)27-26-22(37-39(27)4-2)10-9-21(35-26)19-15-33-28(34-16-19)41-24(40)11-17-13-32-14-17/h5-10,15-17,32H,3-4,11,13-14H2,1-2H3. The van der Waals surface area contributed by atoms with Crippen molar-refractivity contribution in [2.45, 2.75) is 26.8 Å². The number of benzene rings is 1. The van der Waals surface area contributed by atoms with E-state index in [2.05, 4.69) is 21.4 Å². The van der Waals surface area contributed by atoms with Crippen molar-refractivity contribution in [1.82, 2.24) is 35.0 Å². The fourth-order valence-electron chi connectivity index (χ4n) is 4.70. The van der Waals surface area contributed by atoms with Crippen LogP contribution in [0.15, 0.2) is 48.8 Å². The number of ether oxygens (including phenoxy) is 1. The number of hydrogen-bond donors (Lipinski definition) is 1. The Balaban J connectivity index is 1.33. The summed E-state index contributed by atoms with van der Waals surface area (Å²) in [6.45, 7) is 6.72. The Bertz CT molecular complexity index is 1790. The van der Waals surface area contributed by atoms with Gasteiger partial charge in [-0.05, 0) is 69.3 Å². The van der Waals surface area contributed by atoms with Gasteiger partial charge in [0.2, 0.25) is 0 Å². The second-order valence-corrected chi connectivity index (χ2v) is 10.7. The van der Waals surface area contributed by atoms with E-state index >= 15 is 0 Å². The molecule has 1 aromatic carbocycles. The van der Waals surface area contributed by atoms with Crippen LogP contribution < -0.4 is 15.0 Å². The number of pyridine rings is 1. The van der Waals surface area contributed by atoms with Gasteiger partial charge in [0.25, 0.3) is 0 Å². The Morgan fingerprint density at radius 2 is 1.90 bits per heavy atom. The van der Waals surface area contributed by atoms with Crippen molar-refractivity contribution >= 4 is 39.3 Å². The molecule has 0 spiro atoms.